The van der Waals surface area contributed by atoms with Crippen molar-refractivity contribution in [3.8, 4) is 0 Å². The summed E-state index contributed by atoms with van der Waals surface area (Å²) < 4.78 is 0. The van der Waals surface area contributed by atoms with Gasteiger partial charge < -0.3 is 10.6 Å². The first-order chi connectivity index (χ1) is 9.08. The zero-order chi connectivity index (χ0) is 13.8. The SMILES string of the molecule is C[C@@H](N)c1ccc(N(C)Cc2cccnc2)c(Cl)c1. The molecule has 1 atom stereocenters. The van der Waals surface area contributed by atoms with E-state index < -0.39 is 0 Å². The summed E-state index contributed by atoms with van der Waals surface area (Å²) in [7, 11) is 2.01. The lowest BCUT2D eigenvalue weighted by molar-refractivity contribution is 0.817. The number of hydrogen-bond acceptors (Lipinski definition) is 3. The smallest absolute Gasteiger partial charge is 0.0642 e. The average molecular weight is 276 g/mol. The minimum Gasteiger partial charge on any atom is -0.369 e. The summed E-state index contributed by atoms with van der Waals surface area (Å²) in [5.74, 6) is 0. The number of rotatable bonds is 4. The van der Waals surface area contributed by atoms with Gasteiger partial charge in [-0.2, -0.15) is 0 Å². The van der Waals surface area contributed by atoms with E-state index in [1.807, 2.05) is 50.5 Å². The van der Waals surface area contributed by atoms with Crippen LogP contribution in [0.25, 0.3) is 0 Å². The molecule has 2 rings (SSSR count). The quantitative estimate of drug-likeness (QED) is 0.930. The third-order valence-corrected chi connectivity index (χ3v) is 3.35. The van der Waals surface area contributed by atoms with E-state index in [0.29, 0.717) is 0 Å². The third-order valence-electron chi connectivity index (χ3n) is 3.05. The lowest BCUT2D eigenvalue weighted by Crippen LogP contribution is -2.17. The zero-order valence-electron chi connectivity index (χ0n) is 11.2. The topological polar surface area (TPSA) is 42.1 Å². The van der Waals surface area contributed by atoms with Crippen molar-refractivity contribution in [1.82, 2.24) is 4.98 Å². The highest BCUT2D eigenvalue weighted by Gasteiger charge is 2.09. The first kappa shape index (κ1) is 13.8. The monoisotopic (exact) mass is 275 g/mol. The second-order valence-electron chi connectivity index (χ2n) is 4.72. The molecule has 4 heteroatoms. The number of nitrogens with zero attached hydrogens (tertiary/aromatic N) is 2. The maximum absolute atomic E-state index is 6.32. The summed E-state index contributed by atoms with van der Waals surface area (Å²) in [5.41, 5.74) is 9.04. The van der Waals surface area contributed by atoms with Gasteiger partial charge in [-0.15, -0.1) is 0 Å². The number of aromatic nitrogens is 1. The molecule has 0 saturated carbocycles. The predicted molar refractivity (Wildman–Crippen MR) is 80.4 cm³/mol. The molecule has 1 aromatic carbocycles. The van der Waals surface area contributed by atoms with Crippen molar-refractivity contribution < 1.29 is 0 Å². The standard InChI is InChI=1S/C15H18ClN3/c1-11(17)13-5-6-15(14(16)8-13)19(2)10-12-4-3-7-18-9-12/h3-9,11H,10,17H2,1-2H3/t11-/m1/s1. The van der Waals surface area contributed by atoms with Crippen molar-refractivity contribution in [3.05, 3.63) is 58.9 Å². The molecule has 100 valence electrons. The van der Waals surface area contributed by atoms with E-state index in [1.54, 1.807) is 6.20 Å². The van der Waals surface area contributed by atoms with Gasteiger partial charge in [0.05, 0.1) is 10.7 Å². The van der Waals surface area contributed by atoms with Gasteiger partial charge in [-0.3, -0.25) is 4.98 Å². The Morgan fingerprint density at radius 1 is 1.37 bits per heavy atom. The van der Waals surface area contributed by atoms with Crippen LogP contribution in [0.2, 0.25) is 5.02 Å². The fraction of sp³-hybridized carbons (Fsp3) is 0.267. The Bertz CT molecular complexity index is 540. The molecule has 2 N–H and O–H groups in total. The van der Waals surface area contributed by atoms with Crippen LogP contribution < -0.4 is 10.6 Å². The van der Waals surface area contributed by atoms with Gasteiger partial charge in [-0.25, -0.2) is 0 Å². The second-order valence-corrected chi connectivity index (χ2v) is 5.12. The van der Waals surface area contributed by atoms with E-state index in [2.05, 4.69) is 9.88 Å². The van der Waals surface area contributed by atoms with Gasteiger partial charge in [0.15, 0.2) is 0 Å². The van der Waals surface area contributed by atoms with Crippen LogP contribution >= 0.6 is 11.6 Å². The zero-order valence-corrected chi connectivity index (χ0v) is 11.9. The van der Waals surface area contributed by atoms with E-state index in [1.165, 1.54) is 0 Å². The Kier molecular flexibility index (Phi) is 4.40. The molecular weight excluding hydrogens is 258 g/mol. The molecule has 0 saturated heterocycles. The molecule has 0 aliphatic rings. The average Bonchev–Trinajstić information content (AvgIpc) is 2.39. The molecule has 1 aromatic heterocycles. The van der Waals surface area contributed by atoms with Crippen LogP contribution in [0.15, 0.2) is 42.7 Å². The van der Waals surface area contributed by atoms with Gasteiger partial charge in [-0.05, 0) is 36.2 Å². The van der Waals surface area contributed by atoms with E-state index in [9.17, 15) is 0 Å². The minimum absolute atomic E-state index is 0.00446. The Labute approximate surface area is 119 Å². The Morgan fingerprint density at radius 3 is 2.74 bits per heavy atom. The fourth-order valence-corrected chi connectivity index (χ4v) is 2.30. The minimum atomic E-state index is -0.00446. The number of nitrogens with two attached hydrogens (primary N) is 1. The molecule has 3 nitrogen and oxygen atoms in total. The molecule has 0 fully saturated rings. The number of pyridine rings is 1. The molecule has 0 amide bonds. The summed E-state index contributed by atoms with van der Waals surface area (Å²) in [4.78, 5) is 6.22. The summed E-state index contributed by atoms with van der Waals surface area (Å²) in [5, 5.41) is 0.723. The molecule has 0 aliphatic heterocycles. The third kappa shape index (κ3) is 3.46. The van der Waals surface area contributed by atoms with Crippen LogP contribution in [0.5, 0.6) is 0 Å². The van der Waals surface area contributed by atoms with Crippen LogP contribution in [0.3, 0.4) is 0 Å². The maximum atomic E-state index is 6.32. The van der Waals surface area contributed by atoms with E-state index in [-0.39, 0.29) is 6.04 Å². The first-order valence-electron chi connectivity index (χ1n) is 6.23. The van der Waals surface area contributed by atoms with Crippen molar-refractivity contribution >= 4 is 17.3 Å². The van der Waals surface area contributed by atoms with Crippen molar-refractivity contribution in [2.24, 2.45) is 5.73 Å². The van der Waals surface area contributed by atoms with E-state index in [0.717, 1.165) is 28.4 Å². The molecule has 0 aliphatic carbocycles. The maximum Gasteiger partial charge on any atom is 0.0642 e. The molecule has 2 aromatic rings. The molecule has 0 unspecified atom stereocenters. The number of benzene rings is 1. The highest BCUT2D eigenvalue weighted by molar-refractivity contribution is 6.33. The van der Waals surface area contributed by atoms with Gasteiger partial charge in [0.1, 0.15) is 0 Å². The second kappa shape index (κ2) is 6.04. The lowest BCUT2D eigenvalue weighted by atomic mass is 10.1. The van der Waals surface area contributed by atoms with Crippen LogP contribution in [-0.2, 0) is 6.54 Å². The van der Waals surface area contributed by atoms with Crippen molar-refractivity contribution in [1.29, 1.82) is 0 Å². The van der Waals surface area contributed by atoms with Crippen molar-refractivity contribution in [3.63, 3.8) is 0 Å². The summed E-state index contributed by atoms with van der Waals surface area (Å²) in [6.07, 6.45) is 3.63. The number of halogens is 1. The van der Waals surface area contributed by atoms with E-state index >= 15 is 0 Å². The van der Waals surface area contributed by atoms with Crippen molar-refractivity contribution in [2.45, 2.75) is 19.5 Å². The lowest BCUT2D eigenvalue weighted by Gasteiger charge is -2.21. The van der Waals surface area contributed by atoms with Gasteiger partial charge in [-0.1, -0.05) is 23.7 Å². The van der Waals surface area contributed by atoms with Crippen LogP contribution in [0, 0.1) is 0 Å². The summed E-state index contributed by atoms with van der Waals surface area (Å²) >= 11 is 6.32. The molecule has 1 heterocycles. The number of hydrogen-bond donors (Lipinski definition) is 1. The van der Waals surface area contributed by atoms with Gasteiger partial charge in [0.25, 0.3) is 0 Å². The van der Waals surface area contributed by atoms with Crippen molar-refractivity contribution in [2.75, 3.05) is 11.9 Å². The highest BCUT2D eigenvalue weighted by Crippen LogP contribution is 2.28. The molecule has 19 heavy (non-hydrogen) atoms. The van der Waals surface area contributed by atoms with E-state index in [4.69, 9.17) is 17.3 Å². The van der Waals surface area contributed by atoms with Gasteiger partial charge in [0, 0.05) is 32.0 Å². The predicted octanol–water partition coefficient (Wildman–Crippen LogP) is 3.39. The summed E-state index contributed by atoms with van der Waals surface area (Å²) in [6.45, 7) is 2.72. The molecule has 0 spiro atoms. The Hall–Kier alpha value is -1.58. The Morgan fingerprint density at radius 2 is 2.16 bits per heavy atom. The number of anilines is 1. The molecule has 0 bridgehead atoms. The normalized spacial score (nSPS) is 12.2. The van der Waals surface area contributed by atoms with Gasteiger partial charge >= 0.3 is 0 Å². The fourth-order valence-electron chi connectivity index (χ4n) is 1.97. The largest absolute Gasteiger partial charge is 0.369 e. The van der Waals surface area contributed by atoms with Crippen LogP contribution in [0.1, 0.15) is 24.1 Å². The summed E-state index contributed by atoms with van der Waals surface area (Å²) in [6, 6.07) is 9.94. The first-order valence-corrected chi connectivity index (χ1v) is 6.61. The van der Waals surface area contributed by atoms with Crippen LogP contribution in [0.4, 0.5) is 5.69 Å². The van der Waals surface area contributed by atoms with Crippen LogP contribution in [-0.4, -0.2) is 12.0 Å². The molecular formula is C15H18ClN3. The van der Waals surface area contributed by atoms with Gasteiger partial charge in [0.2, 0.25) is 0 Å². The molecule has 0 radical (unpaired) electrons. The Balaban J connectivity index is 2.17. The highest BCUT2D eigenvalue weighted by atomic mass is 35.5.